The molecular formula is C17H27N. The van der Waals surface area contributed by atoms with Crippen LogP contribution in [0.1, 0.15) is 63.5 Å². The summed E-state index contributed by atoms with van der Waals surface area (Å²) in [4.78, 5) is 0. The van der Waals surface area contributed by atoms with Crippen molar-refractivity contribution in [3.63, 3.8) is 0 Å². The molecule has 0 saturated carbocycles. The molecule has 18 heavy (non-hydrogen) atoms. The molecular weight excluding hydrogens is 218 g/mol. The topological polar surface area (TPSA) is 12.0 Å². The average Bonchev–Trinajstić information content (AvgIpc) is 2.43. The Morgan fingerprint density at radius 2 is 1.72 bits per heavy atom. The fourth-order valence-corrected chi connectivity index (χ4v) is 3.27. The monoisotopic (exact) mass is 245 g/mol. The third-order valence-corrected chi connectivity index (χ3v) is 4.30. The predicted octanol–water partition coefficient (Wildman–Crippen LogP) is 4.41. The van der Waals surface area contributed by atoms with Gasteiger partial charge in [0.15, 0.2) is 0 Å². The molecule has 0 fully saturated rings. The van der Waals surface area contributed by atoms with Crippen LogP contribution < -0.4 is 5.32 Å². The summed E-state index contributed by atoms with van der Waals surface area (Å²) in [7, 11) is 0. The van der Waals surface area contributed by atoms with Crippen LogP contribution in [0.2, 0.25) is 0 Å². The summed E-state index contributed by atoms with van der Waals surface area (Å²) in [5, 5.41) is 3.86. The largest absolute Gasteiger partial charge is 0.307 e. The van der Waals surface area contributed by atoms with E-state index >= 15 is 0 Å². The number of unbranched alkanes of at least 4 members (excludes halogenated alkanes) is 2. The molecule has 2 rings (SSSR count). The quantitative estimate of drug-likeness (QED) is 0.783. The maximum Gasteiger partial charge on any atom is 0.0437 e. The Morgan fingerprint density at radius 3 is 2.39 bits per heavy atom. The molecule has 1 nitrogen and oxygen atoms in total. The summed E-state index contributed by atoms with van der Waals surface area (Å²) in [5.74, 6) is 0. The van der Waals surface area contributed by atoms with Gasteiger partial charge in [0.2, 0.25) is 0 Å². The molecule has 0 saturated heterocycles. The van der Waals surface area contributed by atoms with Crippen LogP contribution in [0.5, 0.6) is 0 Å². The van der Waals surface area contributed by atoms with Crippen molar-refractivity contribution in [1.29, 1.82) is 0 Å². The first kappa shape index (κ1) is 13.6. The van der Waals surface area contributed by atoms with Gasteiger partial charge in [0.1, 0.15) is 0 Å². The summed E-state index contributed by atoms with van der Waals surface area (Å²) in [5.41, 5.74) is 3.42. The fourth-order valence-electron chi connectivity index (χ4n) is 3.27. The lowest BCUT2D eigenvalue weighted by Crippen LogP contribution is -2.47. The van der Waals surface area contributed by atoms with Crippen molar-refractivity contribution in [2.75, 3.05) is 6.54 Å². The molecule has 0 aliphatic carbocycles. The highest BCUT2D eigenvalue weighted by Gasteiger charge is 2.34. The van der Waals surface area contributed by atoms with E-state index in [1.165, 1.54) is 44.9 Å². The van der Waals surface area contributed by atoms with Crippen LogP contribution >= 0.6 is 0 Å². The highest BCUT2D eigenvalue weighted by molar-refractivity contribution is 5.36. The zero-order chi connectivity index (χ0) is 12.8. The summed E-state index contributed by atoms with van der Waals surface area (Å²) >= 11 is 0. The molecule has 1 aliphatic heterocycles. The van der Waals surface area contributed by atoms with Crippen molar-refractivity contribution >= 4 is 0 Å². The van der Waals surface area contributed by atoms with E-state index in [4.69, 9.17) is 0 Å². The predicted molar refractivity (Wildman–Crippen MR) is 78.9 cm³/mol. The minimum absolute atomic E-state index is 0.265. The molecule has 1 aromatic rings. The number of hydrogen-bond acceptors (Lipinski definition) is 1. The Kier molecular flexibility index (Phi) is 4.82. The lowest BCUT2D eigenvalue weighted by Gasteiger charge is -2.41. The first-order valence-electron chi connectivity index (χ1n) is 7.66. The molecule has 1 heterocycles. The van der Waals surface area contributed by atoms with Gasteiger partial charge >= 0.3 is 0 Å². The fraction of sp³-hybridized carbons (Fsp3) is 0.647. The molecule has 1 heteroatoms. The van der Waals surface area contributed by atoms with Gasteiger partial charge in [0.05, 0.1) is 0 Å². The standard InChI is InChI=1S/C17H27N/c1-3-5-12-17(13-6-4-2)16-10-8-7-9-15(16)11-14-18-17/h7-10,18H,3-6,11-14H2,1-2H3. The number of hydrogen-bond donors (Lipinski definition) is 1. The Bertz CT molecular complexity index is 362. The molecule has 0 spiro atoms. The normalized spacial score (nSPS) is 17.4. The highest BCUT2D eigenvalue weighted by atomic mass is 15.0. The van der Waals surface area contributed by atoms with E-state index in [2.05, 4.69) is 43.4 Å². The van der Waals surface area contributed by atoms with E-state index in [0.29, 0.717) is 0 Å². The molecule has 0 amide bonds. The molecule has 0 bridgehead atoms. The lowest BCUT2D eigenvalue weighted by atomic mass is 9.76. The van der Waals surface area contributed by atoms with E-state index < -0.39 is 0 Å². The first-order chi connectivity index (χ1) is 8.82. The second-order valence-corrected chi connectivity index (χ2v) is 5.62. The maximum absolute atomic E-state index is 3.86. The van der Waals surface area contributed by atoms with Crippen molar-refractivity contribution in [3.05, 3.63) is 35.4 Å². The van der Waals surface area contributed by atoms with E-state index in [0.717, 1.165) is 6.54 Å². The lowest BCUT2D eigenvalue weighted by molar-refractivity contribution is 0.257. The SMILES string of the molecule is CCCCC1(CCCC)NCCc2ccccc21. The Hall–Kier alpha value is -0.820. The number of fused-ring (bicyclic) bond motifs is 1. The Morgan fingerprint density at radius 1 is 1.06 bits per heavy atom. The van der Waals surface area contributed by atoms with Crippen molar-refractivity contribution < 1.29 is 0 Å². The molecule has 0 atom stereocenters. The summed E-state index contributed by atoms with van der Waals surface area (Å²) < 4.78 is 0. The van der Waals surface area contributed by atoms with Crippen molar-refractivity contribution in [2.24, 2.45) is 0 Å². The highest BCUT2D eigenvalue weighted by Crippen LogP contribution is 2.37. The van der Waals surface area contributed by atoms with Crippen molar-refractivity contribution in [1.82, 2.24) is 5.32 Å². The molecule has 0 aromatic heterocycles. The number of benzene rings is 1. The number of rotatable bonds is 6. The number of nitrogens with one attached hydrogen (secondary N) is 1. The van der Waals surface area contributed by atoms with Crippen LogP contribution in [-0.4, -0.2) is 6.54 Å². The Labute approximate surface area is 112 Å². The van der Waals surface area contributed by atoms with Gasteiger partial charge in [-0.3, -0.25) is 0 Å². The van der Waals surface area contributed by atoms with E-state index in [-0.39, 0.29) is 5.54 Å². The van der Waals surface area contributed by atoms with Crippen LogP contribution in [0.4, 0.5) is 0 Å². The van der Waals surface area contributed by atoms with Crippen LogP contribution in [0.25, 0.3) is 0 Å². The zero-order valence-corrected chi connectivity index (χ0v) is 12.0. The molecule has 0 radical (unpaired) electrons. The average molecular weight is 245 g/mol. The molecule has 100 valence electrons. The van der Waals surface area contributed by atoms with Crippen molar-refractivity contribution in [2.45, 2.75) is 64.3 Å². The molecule has 1 aliphatic rings. The van der Waals surface area contributed by atoms with Crippen LogP contribution in [0.3, 0.4) is 0 Å². The van der Waals surface area contributed by atoms with E-state index in [1.807, 2.05) is 0 Å². The molecule has 1 N–H and O–H groups in total. The minimum atomic E-state index is 0.265. The summed E-state index contributed by atoms with van der Waals surface area (Å²) in [6, 6.07) is 9.07. The van der Waals surface area contributed by atoms with Gasteiger partial charge in [-0.05, 0) is 30.4 Å². The van der Waals surface area contributed by atoms with Gasteiger partial charge in [-0.2, -0.15) is 0 Å². The van der Waals surface area contributed by atoms with Gasteiger partial charge in [0.25, 0.3) is 0 Å². The first-order valence-corrected chi connectivity index (χ1v) is 7.66. The maximum atomic E-state index is 3.86. The van der Waals surface area contributed by atoms with Crippen LogP contribution in [0, 0.1) is 0 Å². The summed E-state index contributed by atoms with van der Waals surface area (Å²) in [6.07, 6.45) is 9.00. The van der Waals surface area contributed by atoms with Gasteiger partial charge < -0.3 is 5.32 Å². The van der Waals surface area contributed by atoms with Gasteiger partial charge in [0, 0.05) is 12.1 Å². The van der Waals surface area contributed by atoms with Gasteiger partial charge in [-0.1, -0.05) is 63.8 Å². The minimum Gasteiger partial charge on any atom is -0.307 e. The second-order valence-electron chi connectivity index (χ2n) is 5.62. The smallest absolute Gasteiger partial charge is 0.0437 e. The van der Waals surface area contributed by atoms with Crippen molar-refractivity contribution in [3.8, 4) is 0 Å². The zero-order valence-electron chi connectivity index (χ0n) is 12.0. The van der Waals surface area contributed by atoms with Gasteiger partial charge in [-0.25, -0.2) is 0 Å². The van der Waals surface area contributed by atoms with Gasteiger partial charge in [-0.15, -0.1) is 0 Å². The third kappa shape index (κ3) is 2.77. The van der Waals surface area contributed by atoms with Crippen LogP contribution in [-0.2, 0) is 12.0 Å². The second kappa shape index (κ2) is 6.38. The summed E-state index contributed by atoms with van der Waals surface area (Å²) in [6.45, 7) is 5.73. The molecule has 0 unspecified atom stereocenters. The van der Waals surface area contributed by atoms with E-state index in [1.54, 1.807) is 11.1 Å². The third-order valence-electron chi connectivity index (χ3n) is 4.30. The molecule has 1 aromatic carbocycles. The van der Waals surface area contributed by atoms with Crippen LogP contribution in [0.15, 0.2) is 24.3 Å². The Balaban J connectivity index is 2.28. The van der Waals surface area contributed by atoms with E-state index in [9.17, 15) is 0 Å².